The van der Waals surface area contributed by atoms with Gasteiger partial charge in [-0.25, -0.2) is 0 Å². The lowest BCUT2D eigenvalue weighted by Crippen LogP contribution is -2.25. The van der Waals surface area contributed by atoms with Crippen LogP contribution in [0.1, 0.15) is 21.5 Å². The zero-order valence-electron chi connectivity index (χ0n) is 12.2. The highest BCUT2D eigenvalue weighted by atomic mass is 35.5. The third kappa shape index (κ3) is 3.99. The van der Waals surface area contributed by atoms with Gasteiger partial charge in [0.1, 0.15) is 5.75 Å². The summed E-state index contributed by atoms with van der Waals surface area (Å²) in [5, 5.41) is 3.34. The lowest BCUT2D eigenvalue weighted by atomic mass is 10.1. The summed E-state index contributed by atoms with van der Waals surface area (Å²) in [6, 6.07) is 13.2. The summed E-state index contributed by atoms with van der Waals surface area (Å²) in [7, 11) is 1.54. The second kappa shape index (κ2) is 7.14. The van der Waals surface area contributed by atoms with Crippen LogP contribution in [-0.4, -0.2) is 19.6 Å². The van der Waals surface area contributed by atoms with Crippen LogP contribution in [0.5, 0.6) is 5.75 Å². The van der Waals surface area contributed by atoms with Crippen molar-refractivity contribution in [2.24, 2.45) is 0 Å². The number of aryl methyl sites for hydroxylation is 1. The van der Waals surface area contributed by atoms with Crippen molar-refractivity contribution in [3.8, 4) is 5.75 Å². The molecule has 0 aliphatic heterocycles. The number of halogens is 1. The van der Waals surface area contributed by atoms with Gasteiger partial charge in [-0.05, 0) is 42.7 Å². The van der Waals surface area contributed by atoms with Crippen LogP contribution in [0, 0.1) is 6.92 Å². The first-order valence-electron chi connectivity index (χ1n) is 6.78. The Labute approximate surface area is 129 Å². The summed E-state index contributed by atoms with van der Waals surface area (Å²) >= 11 is 6.02. The largest absolute Gasteiger partial charge is 0.495 e. The predicted octanol–water partition coefficient (Wildman–Crippen LogP) is 3.63. The summed E-state index contributed by atoms with van der Waals surface area (Å²) in [4.78, 5) is 12.1. The van der Waals surface area contributed by atoms with Gasteiger partial charge in [-0.1, -0.05) is 35.9 Å². The van der Waals surface area contributed by atoms with Crippen LogP contribution in [0.15, 0.2) is 42.5 Å². The lowest BCUT2D eigenvalue weighted by molar-refractivity contribution is 0.0954. The van der Waals surface area contributed by atoms with E-state index in [0.29, 0.717) is 22.9 Å². The molecule has 0 radical (unpaired) electrons. The van der Waals surface area contributed by atoms with Gasteiger partial charge in [-0.3, -0.25) is 4.79 Å². The summed E-state index contributed by atoms with van der Waals surface area (Å²) in [6.07, 6.45) is 0.808. The van der Waals surface area contributed by atoms with Crippen LogP contribution < -0.4 is 10.1 Å². The standard InChI is InChI=1S/C17H18ClNO2/c1-12-5-3-4-6-13(12)9-10-19-17(20)14-7-8-16(21-2)15(18)11-14/h3-8,11H,9-10H2,1-2H3,(H,19,20). The molecule has 0 bridgehead atoms. The molecule has 0 atom stereocenters. The highest BCUT2D eigenvalue weighted by molar-refractivity contribution is 6.32. The van der Waals surface area contributed by atoms with Crippen LogP contribution >= 0.6 is 11.6 Å². The number of rotatable bonds is 5. The molecule has 0 aromatic heterocycles. The average Bonchev–Trinajstić information content (AvgIpc) is 2.49. The van der Waals surface area contributed by atoms with Crippen LogP contribution in [0.3, 0.4) is 0 Å². The van der Waals surface area contributed by atoms with E-state index in [1.165, 1.54) is 11.1 Å². The van der Waals surface area contributed by atoms with Gasteiger partial charge in [0.15, 0.2) is 0 Å². The summed E-state index contributed by atoms with van der Waals surface area (Å²) in [5.41, 5.74) is 3.01. The van der Waals surface area contributed by atoms with Crippen molar-refractivity contribution >= 4 is 17.5 Å². The van der Waals surface area contributed by atoms with E-state index >= 15 is 0 Å². The molecule has 0 heterocycles. The molecule has 3 nitrogen and oxygen atoms in total. The topological polar surface area (TPSA) is 38.3 Å². The first kappa shape index (κ1) is 15.4. The highest BCUT2D eigenvalue weighted by Gasteiger charge is 2.08. The number of ether oxygens (including phenoxy) is 1. The maximum atomic E-state index is 12.1. The van der Waals surface area contributed by atoms with E-state index in [9.17, 15) is 4.79 Å². The average molecular weight is 304 g/mol. The molecule has 0 unspecified atom stereocenters. The van der Waals surface area contributed by atoms with Crippen molar-refractivity contribution in [1.82, 2.24) is 5.32 Å². The van der Waals surface area contributed by atoms with Gasteiger partial charge in [0, 0.05) is 12.1 Å². The van der Waals surface area contributed by atoms with E-state index in [4.69, 9.17) is 16.3 Å². The Kier molecular flexibility index (Phi) is 5.23. The SMILES string of the molecule is COc1ccc(C(=O)NCCc2ccccc2C)cc1Cl. The molecule has 2 aromatic rings. The molecule has 21 heavy (non-hydrogen) atoms. The quantitative estimate of drug-likeness (QED) is 0.916. The molecule has 0 fully saturated rings. The number of carbonyl (C=O) groups is 1. The number of amides is 1. The highest BCUT2D eigenvalue weighted by Crippen LogP contribution is 2.24. The lowest BCUT2D eigenvalue weighted by Gasteiger charge is -2.09. The molecule has 0 aliphatic rings. The first-order chi connectivity index (χ1) is 10.1. The molecule has 2 aromatic carbocycles. The Morgan fingerprint density at radius 3 is 2.67 bits per heavy atom. The van der Waals surface area contributed by atoms with E-state index in [0.717, 1.165) is 6.42 Å². The molecule has 0 aliphatic carbocycles. The number of carbonyl (C=O) groups excluding carboxylic acids is 1. The van der Waals surface area contributed by atoms with E-state index in [2.05, 4.69) is 24.4 Å². The van der Waals surface area contributed by atoms with Crippen molar-refractivity contribution in [3.05, 3.63) is 64.2 Å². The molecule has 0 spiro atoms. The Morgan fingerprint density at radius 2 is 2.00 bits per heavy atom. The smallest absolute Gasteiger partial charge is 0.251 e. The van der Waals surface area contributed by atoms with Gasteiger partial charge in [-0.15, -0.1) is 0 Å². The predicted molar refractivity (Wildman–Crippen MR) is 85.2 cm³/mol. The summed E-state index contributed by atoms with van der Waals surface area (Å²) < 4.78 is 5.07. The van der Waals surface area contributed by atoms with Gasteiger partial charge in [0.05, 0.1) is 12.1 Å². The number of methoxy groups -OCH3 is 1. The van der Waals surface area contributed by atoms with E-state index in [1.54, 1.807) is 25.3 Å². The Bertz CT molecular complexity index is 640. The van der Waals surface area contributed by atoms with Crippen LogP contribution in [0.2, 0.25) is 5.02 Å². The van der Waals surface area contributed by atoms with Crippen LogP contribution in [-0.2, 0) is 6.42 Å². The monoisotopic (exact) mass is 303 g/mol. The van der Waals surface area contributed by atoms with Crippen molar-refractivity contribution < 1.29 is 9.53 Å². The zero-order chi connectivity index (χ0) is 15.2. The van der Waals surface area contributed by atoms with Crippen molar-refractivity contribution in [3.63, 3.8) is 0 Å². The minimum Gasteiger partial charge on any atom is -0.495 e. The summed E-state index contributed by atoms with van der Waals surface area (Å²) in [6.45, 7) is 2.66. The number of hydrogen-bond donors (Lipinski definition) is 1. The Morgan fingerprint density at radius 1 is 1.24 bits per heavy atom. The molecule has 1 amide bonds. The third-order valence-corrected chi connectivity index (χ3v) is 3.65. The van der Waals surface area contributed by atoms with Crippen LogP contribution in [0.25, 0.3) is 0 Å². The molecular weight excluding hydrogens is 286 g/mol. The van der Waals surface area contributed by atoms with Gasteiger partial charge < -0.3 is 10.1 Å². The fourth-order valence-electron chi connectivity index (χ4n) is 2.11. The molecule has 2 rings (SSSR count). The maximum Gasteiger partial charge on any atom is 0.251 e. The first-order valence-corrected chi connectivity index (χ1v) is 7.16. The van der Waals surface area contributed by atoms with E-state index < -0.39 is 0 Å². The second-order valence-corrected chi connectivity index (χ2v) is 5.19. The Balaban J connectivity index is 1.93. The van der Waals surface area contributed by atoms with E-state index in [1.807, 2.05) is 12.1 Å². The number of nitrogens with one attached hydrogen (secondary N) is 1. The molecule has 110 valence electrons. The van der Waals surface area contributed by atoms with Crippen molar-refractivity contribution in [2.75, 3.05) is 13.7 Å². The second-order valence-electron chi connectivity index (χ2n) is 4.78. The van der Waals surface area contributed by atoms with Crippen molar-refractivity contribution in [2.45, 2.75) is 13.3 Å². The van der Waals surface area contributed by atoms with Crippen molar-refractivity contribution in [1.29, 1.82) is 0 Å². The number of benzene rings is 2. The minimum atomic E-state index is -0.131. The van der Waals surface area contributed by atoms with E-state index in [-0.39, 0.29) is 5.91 Å². The van der Waals surface area contributed by atoms with Gasteiger partial charge in [0.2, 0.25) is 0 Å². The maximum absolute atomic E-state index is 12.1. The minimum absolute atomic E-state index is 0.131. The Hall–Kier alpha value is -2.00. The van der Waals surface area contributed by atoms with Gasteiger partial charge >= 0.3 is 0 Å². The fraction of sp³-hybridized carbons (Fsp3) is 0.235. The molecular formula is C17H18ClNO2. The molecule has 0 saturated heterocycles. The zero-order valence-corrected chi connectivity index (χ0v) is 12.9. The fourth-order valence-corrected chi connectivity index (χ4v) is 2.37. The van der Waals surface area contributed by atoms with Crippen LogP contribution in [0.4, 0.5) is 0 Å². The summed E-state index contributed by atoms with van der Waals surface area (Å²) in [5.74, 6) is 0.432. The molecule has 4 heteroatoms. The number of hydrogen-bond acceptors (Lipinski definition) is 2. The van der Waals surface area contributed by atoms with Gasteiger partial charge in [0.25, 0.3) is 5.91 Å². The van der Waals surface area contributed by atoms with Gasteiger partial charge in [-0.2, -0.15) is 0 Å². The normalized spacial score (nSPS) is 10.2. The molecule has 1 N–H and O–H groups in total. The molecule has 0 saturated carbocycles. The third-order valence-electron chi connectivity index (χ3n) is 3.36.